The maximum Gasteiger partial charge on any atom is 0.488 e. The van der Waals surface area contributed by atoms with E-state index in [1.807, 2.05) is 0 Å². The zero-order valence-electron chi connectivity index (χ0n) is 7.77. The summed E-state index contributed by atoms with van der Waals surface area (Å²) in [5.41, 5.74) is 0.836. The first-order valence-electron chi connectivity index (χ1n) is 4.45. The molecule has 0 atom stereocenters. The van der Waals surface area contributed by atoms with Gasteiger partial charge in [-0.15, -0.1) is 0 Å². The highest BCUT2D eigenvalue weighted by Gasteiger charge is 2.19. The van der Waals surface area contributed by atoms with Crippen LogP contribution in [0.1, 0.15) is 12.0 Å². The first-order valence-corrected chi connectivity index (χ1v) is 5.76. The van der Waals surface area contributed by atoms with Crippen LogP contribution in [-0.4, -0.2) is 15.0 Å². The van der Waals surface area contributed by atoms with Crippen molar-refractivity contribution in [2.75, 3.05) is 6.61 Å². The predicted octanol–water partition coefficient (Wildman–Crippen LogP) is 1.60. The molecule has 6 heteroatoms. The summed E-state index contributed by atoms with van der Waals surface area (Å²) in [5.74, 6) is 0.236. The zero-order valence-corrected chi connectivity index (χ0v) is 8.59. The Labute approximate surface area is 87.0 Å². The van der Waals surface area contributed by atoms with E-state index in [-0.39, 0.29) is 5.75 Å². The Balaban J connectivity index is 2.39. The van der Waals surface area contributed by atoms with Gasteiger partial charge in [-0.2, -0.15) is 8.42 Å². The fraction of sp³-hybridized carbons (Fsp3) is 0.333. The second-order valence-electron chi connectivity index (χ2n) is 3.17. The van der Waals surface area contributed by atoms with E-state index < -0.39 is 10.5 Å². The van der Waals surface area contributed by atoms with Crippen molar-refractivity contribution in [1.82, 2.24) is 0 Å². The highest BCUT2D eigenvalue weighted by atomic mass is 32.3. The van der Waals surface area contributed by atoms with Gasteiger partial charge in [-0.1, -0.05) is 16.0 Å². The molecule has 0 spiro atoms. The lowest BCUT2D eigenvalue weighted by Gasteiger charge is -2.18. The largest absolute Gasteiger partial charge is 0.489 e. The highest BCUT2D eigenvalue weighted by Crippen LogP contribution is 2.35. The SMILES string of the molecule is O=S(=O)(F)Oc1cccc2c1OCCC2. The van der Waals surface area contributed by atoms with Gasteiger partial charge < -0.3 is 8.92 Å². The van der Waals surface area contributed by atoms with Crippen molar-refractivity contribution in [3.05, 3.63) is 23.8 Å². The molecule has 2 rings (SSSR count). The van der Waals surface area contributed by atoms with Crippen molar-refractivity contribution in [3.8, 4) is 11.5 Å². The summed E-state index contributed by atoms with van der Waals surface area (Å²) >= 11 is 0. The summed E-state index contributed by atoms with van der Waals surface area (Å²) in [6.45, 7) is 0.486. The number of hydrogen-bond acceptors (Lipinski definition) is 4. The van der Waals surface area contributed by atoms with Gasteiger partial charge in [0, 0.05) is 0 Å². The predicted molar refractivity (Wildman–Crippen MR) is 50.9 cm³/mol. The van der Waals surface area contributed by atoms with Crippen LogP contribution in [0.2, 0.25) is 0 Å². The van der Waals surface area contributed by atoms with Crippen LogP contribution in [-0.2, 0) is 16.9 Å². The van der Waals surface area contributed by atoms with Crippen molar-refractivity contribution in [3.63, 3.8) is 0 Å². The summed E-state index contributed by atoms with van der Waals surface area (Å²) in [4.78, 5) is 0. The van der Waals surface area contributed by atoms with Crippen molar-refractivity contribution < 1.29 is 21.2 Å². The molecule has 0 aromatic heterocycles. The molecule has 0 aliphatic carbocycles. The van der Waals surface area contributed by atoms with E-state index in [1.54, 1.807) is 12.1 Å². The van der Waals surface area contributed by atoms with E-state index in [0.29, 0.717) is 12.4 Å². The monoisotopic (exact) mass is 232 g/mol. The minimum atomic E-state index is -4.99. The van der Waals surface area contributed by atoms with Gasteiger partial charge >= 0.3 is 10.5 Å². The second-order valence-corrected chi connectivity index (χ2v) is 4.13. The molecule has 0 unspecified atom stereocenters. The van der Waals surface area contributed by atoms with E-state index >= 15 is 0 Å². The van der Waals surface area contributed by atoms with E-state index in [9.17, 15) is 12.3 Å². The summed E-state index contributed by atoms with van der Waals surface area (Å²) in [6, 6.07) is 4.77. The van der Waals surface area contributed by atoms with Gasteiger partial charge in [-0.25, -0.2) is 0 Å². The smallest absolute Gasteiger partial charge is 0.488 e. The Bertz CT molecular complexity index is 469. The molecule has 0 saturated heterocycles. The van der Waals surface area contributed by atoms with Crippen LogP contribution in [0, 0.1) is 0 Å². The minimum absolute atomic E-state index is 0.0882. The van der Waals surface area contributed by atoms with Gasteiger partial charge in [-0.05, 0) is 24.5 Å². The molecule has 1 heterocycles. The van der Waals surface area contributed by atoms with Crippen LogP contribution in [0.25, 0.3) is 0 Å². The first kappa shape index (κ1) is 10.2. The number of para-hydroxylation sites is 1. The Kier molecular flexibility index (Phi) is 2.52. The van der Waals surface area contributed by atoms with Crippen LogP contribution >= 0.6 is 0 Å². The average molecular weight is 232 g/mol. The van der Waals surface area contributed by atoms with Gasteiger partial charge in [0.05, 0.1) is 6.61 Å². The molecule has 1 aromatic rings. The van der Waals surface area contributed by atoms with E-state index in [2.05, 4.69) is 4.18 Å². The Morgan fingerprint density at radius 1 is 1.40 bits per heavy atom. The van der Waals surface area contributed by atoms with Gasteiger partial charge in [-0.3, -0.25) is 0 Å². The Morgan fingerprint density at radius 3 is 2.93 bits per heavy atom. The fourth-order valence-corrected chi connectivity index (χ4v) is 1.88. The second kappa shape index (κ2) is 3.69. The topological polar surface area (TPSA) is 52.6 Å². The minimum Gasteiger partial charge on any atom is -0.489 e. The molecule has 1 aliphatic rings. The molecule has 0 fully saturated rings. The van der Waals surface area contributed by atoms with Crippen molar-refractivity contribution in [1.29, 1.82) is 0 Å². The van der Waals surface area contributed by atoms with Gasteiger partial charge in [0.1, 0.15) is 0 Å². The van der Waals surface area contributed by atoms with Crippen molar-refractivity contribution in [2.45, 2.75) is 12.8 Å². The standard InChI is InChI=1S/C9H9FO4S/c10-15(11,12)14-8-5-1-3-7-4-2-6-13-9(7)8/h1,3,5H,2,4,6H2. The summed E-state index contributed by atoms with van der Waals surface area (Å²) < 4.78 is 42.4. The zero-order chi connectivity index (χ0) is 10.9. The number of benzene rings is 1. The number of hydrogen-bond donors (Lipinski definition) is 0. The summed E-state index contributed by atoms with van der Waals surface area (Å²) in [5, 5.41) is 0. The number of fused-ring (bicyclic) bond motifs is 1. The van der Waals surface area contributed by atoms with E-state index in [4.69, 9.17) is 4.74 Å². The van der Waals surface area contributed by atoms with Crippen LogP contribution in [0.15, 0.2) is 18.2 Å². The molecule has 82 valence electrons. The van der Waals surface area contributed by atoms with E-state index in [0.717, 1.165) is 18.4 Å². The first-order chi connectivity index (χ1) is 7.06. The molecule has 1 aliphatic heterocycles. The number of halogens is 1. The fourth-order valence-electron chi connectivity index (χ4n) is 1.53. The maximum atomic E-state index is 12.3. The third-order valence-corrected chi connectivity index (χ3v) is 2.47. The lowest BCUT2D eigenvalue weighted by atomic mass is 10.1. The van der Waals surface area contributed by atoms with Crippen LogP contribution in [0.3, 0.4) is 0 Å². The normalized spacial score (nSPS) is 15.3. The van der Waals surface area contributed by atoms with Gasteiger partial charge in [0.2, 0.25) is 0 Å². The van der Waals surface area contributed by atoms with E-state index in [1.165, 1.54) is 6.07 Å². The lowest BCUT2D eigenvalue weighted by Crippen LogP contribution is -2.11. The number of ether oxygens (including phenoxy) is 1. The van der Waals surface area contributed by atoms with Crippen LogP contribution in [0.4, 0.5) is 3.89 Å². The van der Waals surface area contributed by atoms with Crippen molar-refractivity contribution in [2.24, 2.45) is 0 Å². The molecule has 0 N–H and O–H groups in total. The molecule has 15 heavy (non-hydrogen) atoms. The van der Waals surface area contributed by atoms with Gasteiger partial charge in [0.25, 0.3) is 0 Å². The molecule has 4 nitrogen and oxygen atoms in total. The Hall–Kier alpha value is -1.30. The highest BCUT2D eigenvalue weighted by molar-refractivity contribution is 7.81. The number of rotatable bonds is 2. The Morgan fingerprint density at radius 2 is 2.20 bits per heavy atom. The molecular formula is C9H9FO4S. The average Bonchev–Trinajstić information content (AvgIpc) is 2.16. The molecule has 0 radical (unpaired) electrons. The third-order valence-electron chi connectivity index (χ3n) is 2.09. The molecule has 1 aromatic carbocycles. The molecule has 0 amide bonds. The summed E-state index contributed by atoms with van der Waals surface area (Å²) in [7, 11) is -4.99. The van der Waals surface area contributed by atoms with Crippen molar-refractivity contribution >= 4 is 10.5 Å². The number of aryl methyl sites for hydroxylation is 1. The quantitative estimate of drug-likeness (QED) is 0.727. The van der Waals surface area contributed by atoms with Gasteiger partial charge in [0.15, 0.2) is 11.5 Å². The molecule has 0 saturated carbocycles. The molecule has 0 bridgehead atoms. The lowest BCUT2D eigenvalue weighted by molar-refractivity contribution is 0.278. The van der Waals surface area contributed by atoms with Crippen LogP contribution in [0.5, 0.6) is 11.5 Å². The third kappa shape index (κ3) is 2.38. The maximum absolute atomic E-state index is 12.3. The van der Waals surface area contributed by atoms with Crippen LogP contribution < -0.4 is 8.92 Å². The summed E-state index contributed by atoms with van der Waals surface area (Å²) in [6.07, 6.45) is 1.64. The molecular weight excluding hydrogens is 223 g/mol.